The molecule has 1 fully saturated rings. The van der Waals surface area contributed by atoms with Gasteiger partial charge in [0, 0.05) is 12.1 Å². The molecule has 1 amide bonds. The monoisotopic (exact) mass is 461 g/mol. The van der Waals surface area contributed by atoms with Gasteiger partial charge in [-0.15, -0.1) is 0 Å². The number of rotatable bonds is 7. The number of aromatic nitrogens is 2. The second-order valence-corrected chi connectivity index (χ2v) is 8.48. The molecule has 1 aliphatic heterocycles. The summed E-state index contributed by atoms with van der Waals surface area (Å²) in [6, 6.07) is 18.8. The average molecular weight is 462 g/mol. The highest BCUT2D eigenvalue weighted by atomic mass is 16.6. The first-order valence-corrected chi connectivity index (χ1v) is 11.3. The number of esters is 1. The molecule has 0 saturated carbocycles. The molecule has 8 heteroatoms. The van der Waals surface area contributed by atoms with Crippen LogP contribution in [0.15, 0.2) is 71.7 Å². The fourth-order valence-electron chi connectivity index (χ4n) is 3.67. The smallest absolute Gasteiger partial charge is 0.351 e. The molecular formula is C26H27N3O5. The first kappa shape index (κ1) is 23.4. The third-order valence-electron chi connectivity index (χ3n) is 5.63. The van der Waals surface area contributed by atoms with Crippen molar-refractivity contribution in [2.45, 2.75) is 39.0 Å². The van der Waals surface area contributed by atoms with Gasteiger partial charge in [0.1, 0.15) is 18.7 Å². The highest BCUT2D eigenvalue weighted by Crippen LogP contribution is 2.27. The highest BCUT2D eigenvalue weighted by molar-refractivity contribution is 5.91. The van der Waals surface area contributed by atoms with Crippen LogP contribution in [0.1, 0.15) is 43.3 Å². The zero-order chi connectivity index (χ0) is 24.1. The van der Waals surface area contributed by atoms with Crippen LogP contribution in [0.4, 0.5) is 5.82 Å². The molecule has 1 saturated heterocycles. The van der Waals surface area contributed by atoms with Gasteiger partial charge in [-0.05, 0) is 42.2 Å². The zero-order valence-corrected chi connectivity index (χ0v) is 19.1. The SMILES string of the molecule is CC(C)C(=O)Nc1ccn([C@H]2CC[C@@H](COC(=O)c3ccc(-c4ccccc4)cc3)O2)c(=O)n1. The van der Waals surface area contributed by atoms with Crippen LogP contribution < -0.4 is 11.0 Å². The third-order valence-corrected chi connectivity index (χ3v) is 5.63. The molecule has 1 aromatic heterocycles. The van der Waals surface area contributed by atoms with E-state index in [0.717, 1.165) is 11.1 Å². The number of carbonyl (C=O) groups is 2. The molecule has 2 heterocycles. The molecule has 176 valence electrons. The summed E-state index contributed by atoms with van der Waals surface area (Å²) in [7, 11) is 0. The summed E-state index contributed by atoms with van der Waals surface area (Å²) in [5.74, 6) is -0.636. The molecule has 4 rings (SSSR count). The molecule has 0 unspecified atom stereocenters. The van der Waals surface area contributed by atoms with E-state index in [1.54, 1.807) is 38.2 Å². The third kappa shape index (κ3) is 5.58. The summed E-state index contributed by atoms with van der Waals surface area (Å²) in [4.78, 5) is 40.6. The predicted molar refractivity (Wildman–Crippen MR) is 127 cm³/mol. The molecule has 0 aliphatic carbocycles. The normalized spacial score (nSPS) is 17.5. The van der Waals surface area contributed by atoms with Gasteiger partial charge in [-0.25, -0.2) is 9.59 Å². The largest absolute Gasteiger partial charge is 0.459 e. The van der Waals surface area contributed by atoms with Gasteiger partial charge in [0.05, 0.1) is 11.7 Å². The number of ether oxygens (including phenoxy) is 2. The Morgan fingerprint density at radius 2 is 1.76 bits per heavy atom. The number of nitrogens with zero attached hydrogens (tertiary/aromatic N) is 2. The van der Waals surface area contributed by atoms with E-state index in [4.69, 9.17) is 9.47 Å². The lowest BCUT2D eigenvalue weighted by molar-refractivity contribution is -0.118. The van der Waals surface area contributed by atoms with Crippen molar-refractivity contribution in [3.8, 4) is 11.1 Å². The first-order valence-electron chi connectivity index (χ1n) is 11.3. The van der Waals surface area contributed by atoms with Gasteiger partial charge in [0.2, 0.25) is 5.91 Å². The Bertz CT molecular complexity index is 1210. The maximum absolute atomic E-state index is 12.5. The molecule has 0 bridgehead atoms. The van der Waals surface area contributed by atoms with Crippen molar-refractivity contribution in [1.29, 1.82) is 0 Å². The Hall–Kier alpha value is -3.78. The van der Waals surface area contributed by atoms with E-state index in [2.05, 4.69) is 10.3 Å². The van der Waals surface area contributed by atoms with Crippen molar-refractivity contribution < 1.29 is 19.1 Å². The highest BCUT2D eigenvalue weighted by Gasteiger charge is 2.28. The van der Waals surface area contributed by atoms with E-state index in [-0.39, 0.29) is 30.4 Å². The molecule has 8 nitrogen and oxygen atoms in total. The number of hydrogen-bond acceptors (Lipinski definition) is 6. The molecule has 0 spiro atoms. The Morgan fingerprint density at radius 1 is 1.06 bits per heavy atom. The topological polar surface area (TPSA) is 99.5 Å². The number of hydrogen-bond donors (Lipinski definition) is 1. The molecule has 1 aliphatic rings. The predicted octanol–water partition coefficient (Wildman–Crippen LogP) is 4.04. The van der Waals surface area contributed by atoms with Gasteiger partial charge >= 0.3 is 11.7 Å². The quantitative estimate of drug-likeness (QED) is 0.533. The van der Waals surface area contributed by atoms with Crippen LogP contribution in [0.3, 0.4) is 0 Å². The summed E-state index contributed by atoms with van der Waals surface area (Å²) in [5.41, 5.74) is 2.05. The molecule has 34 heavy (non-hydrogen) atoms. The fourth-order valence-corrected chi connectivity index (χ4v) is 3.67. The fraction of sp³-hybridized carbons (Fsp3) is 0.308. The molecule has 1 N–H and O–H groups in total. The van der Waals surface area contributed by atoms with E-state index in [1.807, 2.05) is 42.5 Å². The number of anilines is 1. The minimum atomic E-state index is -0.511. The number of carbonyl (C=O) groups excluding carboxylic acids is 2. The van der Waals surface area contributed by atoms with Crippen LogP contribution in [0.25, 0.3) is 11.1 Å². The summed E-state index contributed by atoms with van der Waals surface area (Å²) >= 11 is 0. The van der Waals surface area contributed by atoms with Crippen molar-refractivity contribution in [2.75, 3.05) is 11.9 Å². The second-order valence-electron chi connectivity index (χ2n) is 8.48. The van der Waals surface area contributed by atoms with Crippen molar-refractivity contribution in [3.05, 3.63) is 82.9 Å². The summed E-state index contributed by atoms with van der Waals surface area (Å²) in [5, 5.41) is 2.61. The molecule has 0 radical (unpaired) electrons. The van der Waals surface area contributed by atoms with Gasteiger partial charge in [-0.3, -0.25) is 9.36 Å². The van der Waals surface area contributed by atoms with Gasteiger partial charge in [-0.1, -0.05) is 56.3 Å². The van der Waals surface area contributed by atoms with E-state index in [0.29, 0.717) is 18.4 Å². The zero-order valence-electron chi connectivity index (χ0n) is 19.1. The maximum atomic E-state index is 12.5. The maximum Gasteiger partial charge on any atom is 0.351 e. The van der Waals surface area contributed by atoms with Crippen molar-refractivity contribution in [3.63, 3.8) is 0 Å². The van der Waals surface area contributed by atoms with Gasteiger partial charge in [0.15, 0.2) is 0 Å². The Labute approximate surface area is 197 Å². The van der Waals surface area contributed by atoms with Crippen LogP contribution in [0.2, 0.25) is 0 Å². The summed E-state index contributed by atoms with van der Waals surface area (Å²) in [6.45, 7) is 3.62. The summed E-state index contributed by atoms with van der Waals surface area (Å²) in [6.07, 6.45) is 1.98. The van der Waals surface area contributed by atoms with Crippen LogP contribution in [-0.2, 0) is 14.3 Å². The number of nitrogens with one attached hydrogen (secondary N) is 1. The Kier molecular flexibility index (Phi) is 7.18. The average Bonchev–Trinajstić information content (AvgIpc) is 3.32. The number of amides is 1. The van der Waals surface area contributed by atoms with E-state index >= 15 is 0 Å². The van der Waals surface area contributed by atoms with Crippen LogP contribution in [-0.4, -0.2) is 34.1 Å². The van der Waals surface area contributed by atoms with Crippen molar-refractivity contribution >= 4 is 17.7 Å². The lowest BCUT2D eigenvalue weighted by Crippen LogP contribution is -2.29. The summed E-state index contributed by atoms with van der Waals surface area (Å²) < 4.78 is 12.7. The molecular weight excluding hydrogens is 434 g/mol. The lowest BCUT2D eigenvalue weighted by Gasteiger charge is -2.16. The Balaban J connectivity index is 1.30. The van der Waals surface area contributed by atoms with Crippen molar-refractivity contribution in [2.24, 2.45) is 5.92 Å². The second kappa shape index (κ2) is 10.4. The molecule has 2 atom stereocenters. The van der Waals surface area contributed by atoms with E-state index < -0.39 is 17.9 Å². The van der Waals surface area contributed by atoms with Crippen LogP contribution >= 0.6 is 0 Å². The van der Waals surface area contributed by atoms with Gasteiger partial charge < -0.3 is 14.8 Å². The van der Waals surface area contributed by atoms with Gasteiger partial charge in [0.25, 0.3) is 0 Å². The standard InChI is InChI=1S/C26H27N3O5/c1-17(2)24(30)27-22-14-15-29(26(32)28-22)23-13-12-21(34-23)16-33-25(31)20-10-8-19(9-11-20)18-6-4-3-5-7-18/h3-11,14-15,17,21,23H,12-13,16H2,1-2H3,(H,27,28,30,32)/t21-,23+/m0/s1. The lowest BCUT2D eigenvalue weighted by atomic mass is 10.0. The van der Waals surface area contributed by atoms with Gasteiger partial charge in [-0.2, -0.15) is 4.98 Å². The number of benzene rings is 2. The first-order chi connectivity index (χ1) is 16.4. The molecule has 3 aromatic rings. The van der Waals surface area contributed by atoms with Crippen LogP contribution in [0, 0.1) is 5.92 Å². The van der Waals surface area contributed by atoms with Crippen LogP contribution in [0.5, 0.6) is 0 Å². The molecule has 2 aromatic carbocycles. The minimum Gasteiger partial charge on any atom is -0.459 e. The minimum absolute atomic E-state index is 0.0977. The van der Waals surface area contributed by atoms with E-state index in [1.165, 1.54) is 4.57 Å². The van der Waals surface area contributed by atoms with E-state index in [9.17, 15) is 14.4 Å². The Morgan fingerprint density at radius 3 is 2.44 bits per heavy atom. The van der Waals surface area contributed by atoms with Crippen molar-refractivity contribution in [1.82, 2.24) is 9.55 Å².